The molecule has 1 aliphatic rings. The maximum absolute atomic E-state index is 14.3. The van der Waals surface area contributed by atoms with Gasteiger partial charge in [-0.25, -0.2) is 4.39 Å². The van der Waals surface area contributed by atoms with E-state index in [1.807, 2.05) is 24.0 Å². The van der Waals surface area contributed by atoms with Crippen molar-refractivity contribution in [3.05, 3.63) is 65.2 Å². The molecule has 0 aliphatic carbocycles. The number of halogens is 1. The van der Waals surface area contributed by atoms with E-state index in [1.165, 1.54) is 6.07 Å². The molecule has 1 saturated heterocycles. The number of aromatic nitrogens is 4. The minimum Gasteiger partial charge on any atom is -0.353 e. The van der Waals surface area contributed by atoms with E-state index in [4.69, 9.17) is 4.52 Å². The normalized spacial score (nSPS) is 15.1. The van der Waals surface area contributed by atoms with Crippen LogP contribution >= 0.6 is 0 Å². The average Bonchev–Trinajstić information content (AvgIpc) is 3.10. The summed E-state index contributed by atoms with van der Waals surface area (Å²) in [5.41, 5.74) is 0.542. The van der Waals surface area contributed by atoms with Crippen molar-refractivity contribution in [1.82, 2.24) is 25.7 Å². The van der Waals surface area contributed by atoms with Crippen LogP contribution in [0.3, 0.4) is 0 Å². The van der Waals surface area contributed by atoms with Gasteiger partial charge in [0.25, 0.3) is 0 Å². The Labute approximate surface area is 167 Å². The molecule has 0 radical (unpaired) electrons. The summed E-state index contributed by atoms with van der Waals surface area (Å²) in [5.74, 6) is 1.03. The van der Waals surface area contributed by atoms with Crippen molar-refractivity contribution >= 4 is 11.7 Å². The number of carbonyl (C=O) groups is 1. The molecule has 8 nitrogen and oxygen atoms in total. The van der Waals surface area contributed by atoms with Gasteiger partial charge in [0.2, 0.25) is 11.8 Å². The fraction of sp³-hybridized carbons (Fsp3) is 0.350. The molecule has 2 aromatic heterocycles. The van der Waals surface area contributed by atoms with Crippen LogP contribution in [0.5, 0.6) is 0 Å². The average molecular weight is 396 g/mol. The van der Waals surface area contributed by atoms with Gasteiger partial charge < -0.3 is 14.7 Å². The van der Waals surface area contributed by atoms with Crippen LogP contribution in [0, 0.1) is 25.1 Å². The SMILES string of the molecule is Cc1ccc(N2CC(Cc3ccccc3F)(C(=O)NCc3noc(C)n3)C2)nn1. The summed E-state index contributed by atoms with van der Waals surface area (Å²) in [6.45, 7) is 4.53. The number of anilines is 1. The van der Waals surface area contributed by atoms with Gasteiger partial charge in [-0.3, -0.25) is 4.79 Å². The predicted molar refractivity (Wildman–Crippen MR) is 102 cm³/mol. The molecule has 29 heavy (non-hydrogen) atoms. The van der Waals surface area contributed by atoms with E-state index in [-0.39, 0.29) is 24.7 Å². The fourth-order valence-electron chi connectivity index (χ4n) is 3.51. The Hall–Kier alpha value is -3.36. The molecule has 1 fully saturated rings. The van der Waals surface area contributed by atoms with Gasteiger partial charge in [0.1, 0.15) is 5.82 Å². The minimum absolute atomic E-state index is 0.152. The molecule has 9 heteroatoms. The quantitative estimate of drug-likeness (QED) is 0.680. The maximum atomic E-state index is 14.3. The van der Waals surface area contributed by atoms with E-state index in [0.29, 0.717) is 36.2 Å². The first-order valence-corrected chi connectivity index (χ1v) is 9.31. The summed E-state index contributed by atoms with van der Waals surface area (Å²) in [7, 11) is 0. The molecule has 0 spiro atoms. The lowest BCUT2D eigenvalue weighted by Gasteiger charge is -2.49. The Morgan fingerprint density at radius 2 is 2.00 bits per heavy atom. The number of nitrogens with zero attached hydrogens (tertiary/aromatic N) is 5. The van der Waals surface area contributed by atoms with Gasteiger partial charge in [-0.15, -0.1) is 5.10 Å². The lowest BCUT2D eigenvalue weighted by Crippen LogP contribution is -2.64. The molecular formula is C20H21FN6O2. The van der Waals surface area contributed by atoms with Gasteiger partial charge >= 0.3 is 0 Å². The number of amides is 1. The third-order valence-electron chi connectivity index (χ3n) is 5.04. The van der Waals surface area contributed by atoms with Crippen molar-refractivity contribution in [3.63, 3.8) is 0 Å². The highest BCUT2D eigenvalue weighted by Gasteiger charge is 2.50. The first-order valence-electron chi connectivity index (χ1n) is 9.31. The molecule has 0 unspecified atom stereocenters. The standard InChI is InChI=1S/C20H21FN6O2/c1-13-7-8-18(25-24-13)27-11-20(12-27,9-15-5-3-4-6-16(15)21)19(28)22-10-17-23-14(2)29-26-17/h3-8H,9-12H2,1-2H3,(H,22,28). The molecule has 1 amide bonds. The molecular weight excluding hydrogens is 375 g/mol. The molecule has 1 aromatic carbocycles. The monoisotopic (exact) mass is 396 g/mol. The van der Waals surface area contributed by atoms with Crippen LogP contribution < -0.4 is 10.2 Å². The van der Waals surface area contributed by atoms with Crippen molar-refractivity contribution in [3.8, 4) is 0 Å². The third kappa shape index (κ3) is 3.94. The molecule has 0 bridgehead atoms. The molecule has 4 rings (SSSR count). The number of nitrogens with one attached hydrogen (secondary N) is 1. The molecule has 3 heterocycles. The number of carbonyl (C=O) groups excluding carboxylic acids is 1. The summed E-state index contributed by atoms with van der Waals surface area (Å²) in [4.78, 5) is 19.2. The first kappa shape index (κ1) is 19.0. The van der Waals surface area contributed by atoms with Crippen molar-refractivity contribution in [2.24, 2.45) is 5.41 Å². The lowest BCUT2D eigenvalue weighted by molar-refractivity contribution is -0.132. The van der Waals surface area contributed by atoms with Crippen LogP contribution in [0.25, 0.3) is 0 Å². The van der Waals surface area contributed by atoms with Crippen molar-refractivity contribution < 1.29 is 13.7 Å². The Kier molecular flexibility index (Phi) is 4.96. The summed E-state index contributed by atoms with van der Waals surface area (Å²) in [6, 6.07) is 10.3. The summed E-state index contributed by atoms with van der Waals surface area (Å²) in [5, 5.41) is 14.9. The summed E-state index contributed by atoms with van der Waals surface area (Å²) in [6.07, 6.45) is 0.284. The van der Waals surface area contributed by atoms with Crippen LogP contribution in [0.4, 0.5) is 10.2 Å². The van der Waals surface area contributed by atoms with Crippen LogP contribution in [0.2, 0.25) is 0 Å². The highest BCUT2D eigenvalue weighted by atomic mass is 19.1. The Morgan fingerprint density at radius 1 is 1.21 bits per heavy atom. The smallest absolute Gasteiger partial charge is 0.230 e. The molecule has 150 valence electrons. The van der Waals surface area contributed by atoms with E-state index in [0.717, 1.165) is 5.69 Å². The molecule has 1 N–H and O–H groups in total. The van der Waals surface area contributed by atoms with Gasteiger partial charge in [-0.1, -0.05) is 23.4 Å². The van der Waals surface area contributed by atoms with E-state index in [1.54, 1.807) is 25.1 Å². The van der Waals surface area contributed by atoms with E-state index < -0.39 is 5.41 Å². The Morgan fingerprint density at radius 3 is 2.66 bits per heavy atom. The van der Waals surface area contributed by atoms with Crippen molar-refractivity contribution in [2.75, 3.05) is 18.0 Å². The Bertz CT molecular complexity index is 1010. The van der Waals surface area contributed by atoms with Crippen LogP contribution in [0.1, 0.15) is 23.0 Å². The Balaban J connectivity index is 1.52. The maximum Gasteiger partial charge on any atom is 0.230 e. The highest BCUT2D eigenvalue weighted by molar-refractivity contribution is 5.86. The van der Waals surface area contributed by atoms with E-state index >= 15 is 0 Å². The second kappa shape index (κ2) is 7.57. The van der Waals surface area contributed by atoms with Crippen LogP contribution in [-0.4, -0.2) is 39.3 Å². The van der Waals surface area contributed by atoms with Crippen LogP contribution in [-0.2, 0) is 17.8 Å². The van der Waals surface area contributed by atoms with Crippen LogP contribution in [0.15, 0.2) is 40.9 Å². The second-order valence-electron chi connectivity index (χ2n) is 7.35. The minimum atomic E-state index is -0.784. The lowest BCUT2D eigenvalue weighted by atomic mass is 9.73. The zero-order valence-corrected chi connectivity index (χ0v) is 16.2. The topological polar surface area (TPSA) is 97.0 Å². The summed E-state index contributed by atoms with van der Waals surface area (Å²) >= 11 is 0. The van der Waals surface area contributed by atoms with Gasteiger partial charge in [0.05, 0.1) is 17.7 Å². The molecule has 0 atom stereocenters. The number of aryl methyl sites for hydroxylation is 2. The summed E-state index contributed by atoms with van der Waals surface area (Å²) < 4.78 is 19.2. The number of rotatable bonds is 6. The second-order valence-corrected chi connectivity index (χ2v) is 7.35. The van der Waals surface area contributed by atoms with E-state index in [2.05, 4.69) is 25.7 Å². The first-order chi connectivity index (χ1) is 13.9. The number of hydrogen-bond donors (Lipinski definition) is 1. The van der Waals surface area contributed by atoms with E-state index in [9.17, 15) is 9.18 Å². The molecule has 0 saturated carbocycles. The van der Waals surface area contributed by atoms with Gasteiger partial charge in [0, 0.05) is 20.0 Å². The van der Waals surface area contributed by atoms with Gasteiger partial charge in [0.15, 0.2) is 11.6 Å². The fourth-order valence-corrected chi connectivity index (χ4v) is 3.51. The highest BCUT2D eigenvalue weighted by Crippen LogP contribution is 2.37. The predicted octanol–water partition coefficient (Wildman–Crippen LogP) is 1.98. The number of benzene rings is 1. The molecule has 3 aromatic rings. The zero-order valence-electron chi connectivity index (χ0n) is 16.2. The molecule has 1 aliphatic heterocycles. The third-order valence-corrected chi connectivity index (χ3v) is 5.04. The van der Waals surface area contributed by atoms with Gasteiger partial charge in [-0.2, -0.15) is 10.1 Å². The largest absolute Gasteiger partial charge is 0.353 e. The number of hydrogen-bond acceptors (Lipinski definition) is 7. The zero-order chi connectivity index (χ0) is 20.4. The van der Waals surface area contributed by atoms with Crippen molar-refractivity contribution in [2.45, 2.75) is 26.8 Å². The van der Waals surface area contributed by atoms with Crippen molar-refractivity contribution in [1.29, 1.82) is 0 Å². The van der Waals surface area contributed by atoms with Gasteiger partial charge in [-0.05, 0) is 37.1 Å².